The summed E-state index contributed by atoms with van der Waals surface area (Å²) >= 11 is 1.29. The number of ether oxygens (including phenoxy) is 1. The Balaban J connectivity index is 1.28. The minimum Gasteiger partial charge on any atom is -0.493 e. The number of hydrogen-bond acceptors (Lipinski definition) is 6. The van der Waals surface area contributed by atoms with Gasteiger partial charge in [-0.05, 0) is 35.9 Å². The van der Waals surface area contributed by atoms with Crippen molar-refractivity contribution in [1.82, 2.24) is 9.88 Å². The standard InChI is InChI=1S/C21H15N3O4S/c25-18(10-24-19(26)14-3-1-2-4-15(14)20(24)27)23-21-22-16(11-29-21)12-5-6-17-13(9-12)7-8-28-17/h1-6,9,11H,7-8,10H2,(H,22,23,25). The highest BCUT2D eigenvalue weighted by atomic mass is 32.1. The highest BCUT2D eigenvalue weighted by molar-refractivity contribution is 7.14. The summed E-state index contributed by atoms with van der Waals surface area (Å²) in [5, 5.41) is 4.95. The molecule has 1 N–H and O–H groups in total. The van der Waals surface area contributed by atoms with Gasteiger partial charge in [0.25, 0.3) is 11.8 Å². The number of benzene rings is 2. The van der Waals surface area contributed by atoms with Crippen LogP contribution in [0.15, 0.2) is 47.8 Å². The molecule has 0 unspecified atom stereocenters. The molecule has 7 nitrogen and oxygen atoms in total. The molecule has 0 atom stereocenters. The van der Waals surface area contributed by atoms with Crippen molar-refractivity contribution in [3.8, 4) is 17.0 Å². The zero-order valence-electron chi connectivity index (χ0n) is 15.2. The van der Waals surface area contributed by atoms with Crippen LogP contribution in [-0.4, -0.2) is 40.8 Å². The van der Waals surface area contributed by atoms with Gasteiger partial charge in [0.15, 0.2) is 5.13 Å². The van der Waals surface area contributed by atoms with Crippen LogP contribution in [0.3, 0.4) is 0 Å². The van der Waals surface area contributed by atoms with Crippen LogP contribution in [0.2, 0.25) is 0 Å². The van der Waals surface area contributed by atoms with Crippen molar-refractivity contribution in [1.29, 1.82) is 0 Å². The molecule has 3 amide bonds. The van der Waals surface area contributed by atoms with Gasteiger partial charge in [0, 0.05) is 17.4 Å². The van der Waals surface area contributed by atoms with Crippen molar-refractivity contribution in [2.45, 2.75) is 6.42 Å². The molecule has 8 heteroatoms. The van der Waals surface area contributed by atoms with Gasteiger partial charge in [-0.15, -0.1) is 11.3 Å². The zero-order chi connectivity index (χ0) is 20.0. The first kappa shape index (κ1) is 17.6. The number of carbonyl (C=O) groups is 3. The molecule has 2 aromatic carbocycles. The van der Waals surface area contributed by atoms with Crippen molar-refractivity contribution in [3.05, 3.63) is 64.5 Å². The third kappa shape index (κ3) is 3.07. The lowest BCUT2D eigenvalue weighted by Gasteiger charge is -2.12. The summed E-state index contributed by atoms with van der Waals surface area (Å²) < 4.78 is 5.52. The Morgan fingerprint density at radius 3 is 2.66 bits per heavy atom. The highest BCUT2D eigenvalue weighted by Gasteiger charge is 2.36. The fraction of sp³-hybridized carbons (Fsp3) is 0.143. The second-order valence-electron chi connectivity index (χ2n) is 6.75. The number of fused-ring (bicyclic) bond motifs is 2. The topological polar surface area (TPSA) is 88.6 Å². The quantitative estimate of drug-likeness (QED) is 0.674. The number of imide groups is 1. The average Bonchev–Trinajstić information content (AvgIpc) is 3.44. The molecule has 144 valence electrons. The maximum atomic E-state index is 12.4. The molecule has 0 radical (unpaired) electrons. The maximum Gasteiger partial charge on any atom is 0.262 e. The Morgan fingerprint density at radius 2 is 1.90 bits per heavy atom. The van der Waals surface area contributed by atoms with E-state index >= 15 is 0 Å². The highest BCUT2D eigenvalue weighted by Crippen LogP contribution is 2.32. The summed E-state index contributed by atoms with van der Waals surface area (Å²) in [5.41, 5.74) is 3.49. The van der Waals surface area contributed by atoms with Crippen LogP contribution in [-0.2, 0) is 11.2 Å². The van der Waals surface area contributed by atoms with E-state index in [2.05, 4.69) is 10.3 Å². The van der Waals surface area contributed by atoms with Gasteiger partial charge < -0.3 is 10.1 Å². The molecular weight excluding hydrogens is 390 g/mol. The SMILES string of the molecule is O=C(CN1C(=O)c2ccccc2C1=O)Nc1nc(-c2ccc3c(c2)CCO3)cs1. The van der Waals surface area contributed by atoms with Gasteiger partial charge in [-0.1, -0.05) is 12.1 Å². The Bertz CT molecular complexity index is 1140. The molecular formula is C21H15N3O4S. The summed E-state index contributed by atoms with van der Waals surface area (Å²) in [7, 11) is 0. The number of aromatic nitrogens is 1. The number of amides is 3. The van der Waals surface area contributed by atoms with Gasteiger partial charge in [-0.2, -0.15) is 0 Å². The molecule has 1 aromatic heterocycles. The number of nitrogens with zero attached hydrogens (tertiary/aromatic N) is 2. The van der Waals surface area contributed by atoms with Crippen molar-refractivity contribution in [2.75, 3.05) is 18.5 Å². The first-order valence-corrected chi connectivity index (χ1v) is 9.95. The Hall–Kier alpha value is -3.52. The summed E-state index contributed by atoms with van der Waals surface area (Å²) in [6.07, 6.45) is 0.872. The first-order valence-electron chi connectivity index (χ1n) is 9.07. The van der Waals surface area contributed by atoms with Crippen LogP contribution < -0.4 is 10.1 Å². The minimum absolute atomic E-state index is 0.322. The molecule has 0 spiro atoms. The number of thiazole rings is 1. The van der Waals surface area contributed by atoms with Crippen molar-refractivity contribution < 1.29 is 19.1 Å². The predicted molar refractivity (Wildman–Crippen MR) is 107 cm³/mol. The monoisotopic (exact) mass is 405 g/mol. The zero-order valence-corrected chi connectivity index (χ0v) is 16.0. The van der Waals surface area contributed by atoms with Crippen molar-refractivity contribution in [2.24, 2.45) is 0 Å². The normalized spacial score (nSPS) is 14.6. The van der Waals surface area contributed by atoms with Gasteiger partial charge in [0.1, 0.15) is 12.3 Å². The van der Waals surface area contributed by atoms with E-state index in [-0.39, 0.29) is 6.54 Å². The minimum atomic E-state index is -0.470. The second kappa shape index (κ2) is 6.82. The van der Waals surface area contributed by atoms with E-state index in [1.54, 1.807) is 24.3 Å². The lowest BCUT2D eigenvalue weighted by Crippen LogP contribution is -2.37. The smallest absolute Gasteiger partial charge is 0.262 e. The number of anilines is 1. The van der Waals surface area contributed by atoms with Gasteiger partial charge >= 0.3 is 0 Å². The summed E-state index contributed by atoms with van der Waals surface area (Å²) in [6.45, 7) is 0.340. The lowest BCUT2D eigenvalue weighted by atomic mass is 10.1. The van der Waals surface area contributed by atoms with Crippen LogP contribution in [0.5, 0.6) is 5.75 Å². The Labute approximate surface area is 169 Å². The number of nitrogens with one attached hydrogen (secondary N) is 1. The average molecular weight is 405 g/mol. The van der Waals surface area contributed by atoms with Crippen molar-refractivity contribution in [3.63, 3.8) is 0 Å². The summed E-state index contributed by atoms with van der Waals surface area (Å²) in [6, 6.07) is 12.5. The van der Waals surface area contributed by atoms with Gasteiger partial charge in [-0.3, -0.25) is 19.3 Å². The van der Waals surface area contributed by atoms with Crippen LogP contribution >= 0.6 is 11.3 Å². The van der Waals surface area contributed by atoms with E-state index in [4.69, 9.17) is 4.74 Å². The third-order valence-corrected chi connectivity index (χ3v) is 5.67. The summed E-state index contributed by atoms with van der Waals surface area (Å²) in [5.74, 6) is -0.483. The molecule has 0 saturated heterocycles. The Kier molecular flexibility index (Phi) is 4.13. The van der Waals surface area contributed by atoms with E-state index in [0.717, 1.165) is 33.9 Å². The molecule has 3 heterocycles. The molecule has 0 bridgehead atoms. The number of carbonyl (C=O) groups excluding carboxylic acids is 3. The first-order chi connectivity index (χ1) is 14.1. The predicted octanol–water partition coefficient (Wildman–Crippen LogP) is 2.98. The lowest BCUT2D eigenvalue weighted by molar-refractivity contribution is -0.116. The molecule has 0 saturated carbocycles. The van der Waals surface area contributed by atoms with Crippen LogP contribution in [0.4, 0.5) is 5.13 Å². The number of hydrogen-bond donors (Lipinski definition) is 1. The van der Waals surface area contributed by atoms with E-state index in [9.17, 15) is 14.4 Å². The fourth-order valence-electron chi connectivity index (χ4n) is 3.49. The summed E-state index contributed by atoms with van der Waals surface area (Å²) in [4.78, 5) is 42.6. The molecule has 5 rings (SSSR count). The fourth-order valence-corrected chi connectivity index (χ4v) is 4.23. The van der Waals surface area contributed by atoms with Crippen LogP contribution in [0.1, 0.15) is 26.3 Å². The third-order valence-electron chi connectivity index (χ3n) is 4.92. The van der Waals surface area contributed by atoms with Gasteiger partial charge in [-0.25, -0.2) is 4.98 Å². The van der Waals surface area contributed by atoms with Gasteiger partial charge in [0.05, 0.1) is 23.4 Å². The second-order valence-corrected chi connectivity index (χ2v) is 7.61. The maximum absolute atomic E-state index is 12.4. The van der Waals surface area contributed by atoms with Crippen LogP contribution in [0.25, 0.3) is 11.3 Å². The van der Waals surface area contributed by atoms with E-state index in [1.807, 2.05) is 23.6 Å². The van der Waals surface area contributed by atoms with Crippen molar-refractivity contribution >= 4 is 34.2 Å². The molecule has 0 fully saturated rings. The Morgan fingerprint density at radius 1 is 1.14 bits per heavy atom. The largest absolute Gasteiger partial charge is 0.493 e. The molecule has 3 aromatic rings. The van der Waals surface area contributed by atoms with E-state index < -0.39 is 17.7 Å². The van der Waals surface area contributed by atoms with Crippen LogP contribution in [0, 0.1) is 0 Å². The number of rotatable bonds is 4. The molecule has 29 heavy (non-hydrogen) atoms. The van der Waals surface area contributed by atoms with E-state index in [1.165, 1.54) is 11.3 Å². The molecule has 2 aliphatic rings. The van der Waals surface area contributed by atoms with Gasteiger partial charge in [0.2, 0.25) is 5.91 Å². The molecule has 2 aliphatic heterocycles. The molecule has 0 aliphatic carbocycles. The van der Waals surface area contributed by atoms with E-state index in [0.29, 0.717) is 22.9 Å².